The molecular weight excluding hydrogens is 563 g/mol. The van der Waals surface area contributed by atoms with Gasteiger partial charge in [0.15, 0.2) is 14.7 Å². The van der Waals surface area contributed by atoms with Gasteiger partial charge in [0.25, 0.3) is 0 Å². The van der Waals surface area contributed by atoms with Crippen LogP contribution in [0.1, 0.15) is 0 Å². The first kappa shape index (κ1) is 32.3. The van der Waals surface area contributed by atoms with Crippen molar-refractivity contribution >= 4 is 21.3 Å². The van der Waals surface area contributed by atoms with Crippen molar-refractivity contribution in [2.45, 2.75) is 39.1 Å². The largest absolute Gasteiger partial charge is 0.726 e. The summed E-state index contributed by atoms with van der Waals surface area (Å²) in [6.45, 7) is 0. The minimum absolute atomic E-state index is 0.0146. The predicted molar refractivity (Wildman–Crippen MR) is 116 cm³/mol. The third-order valence-electron chi connectivity index (χ3n) is 3.99. The Morgan fingerprint density at radius 2 is 0.892 bits per heavy atom. The first-order valence-electron chi connectivity index (χ1n) is 9.57. The third-order valence-corrected chi connectivity index (χ3v) is 6.22. The second kappa shape index (κ2) is 13.2. The fourth-order valence-corrected chi connectivity index (χ4v) is 4.51. The van der Waals surface area contributed by atoms with Gasteiger partial charge in [-0.25, -0.2) is 17.2 Å². The summed E-state index contributed by atoms with van der Waals surface area (Å²) in [5.74, 6) is -13.1. The molecule has 0 amide bonds. The van der Waals surface area contributed by atoms with Crippen molar-refractivity contribution in [3.63, 3.8) is 0 Å². The number of rotatable bonds is 5. The molecule has 0 fully saturated rings. The van der Waals surface area contributed by atoms with Gasteiger partial charge in [0.05, 0.1) is 10.9 Å². The molecule has 0 radical (unpaired) electrons. The third kappa shape index (κ3) is 9.91. The molecule has 0 heterocycles. The van der Waals surface area contributed by atoms with Crippen LogP contribution >= 0.6 is 0 Å². The molecule has 15 heteroatoms. The molecule has 0 aromatic heterocycles. The lowest BCUT2D eigenvalue weighted by molar-refractivity contribution is -0.375. The first-order chi connectivity index (χ1) is 16.9. The fraction of sp³-hybridized carbons (Fsp3) is 0.182. The van der Waals surface area contributed by atoms with Crippen LogP contribution < -0.4 is 0 Å². The molecule has 0 aliphatic rings. The van der Waals surface area contributed by atoms with Crippen LogP contribution in [0.4, 0.5) is 39.5 Å². The zero-order chi connectivity index (χ0) is 28.5. The molecule has 37 heavy (non-hydrogen) atoms. The summed E-state index contributed by atoms with van der Waals surface area (Å²) in [6.07, 6.45) is -11.8. The highest BCUT2D eigenvalue weighted by Gasteiger charge is 2.76. The molecule has 204 valence electrons. The molecule has 1 N–H and O–H groups in total. The van der Waals surface area contributed by atoms with Crippen LogP contribution in [0.3, 0.4) is 0 Å². The number of hydrogen-bond donors (Lipinski definition) is 1. The molecule has 0 atom stereocenters. The second-order valence-electron chi connectivity index (χ2n) is 6.67. The van der Waals surface area contributed by atoms with Crippen molar-refractivity contribution in [3.05, 3.63) is 91.0 Å². The van der Waals surface area contributed by atoms with Gasteiger partial charge in [-0.05, 0) is 36.4 Å². The minimum atomic E-state index is -6.73. The highest BCUT2D eigenvalue weighted by atomic mass is 32.3. The summed E-state index contributed by atoms with van der Waals surface area (Å²) in [6, 6.07) is 32.2. The Labute approximate surface area is 208 Å². The summed E-state index contributed by atoms with van der Waals surface area (Å²) >= 11 is 0. The Bertz CT molecular complexity index is 1080. The molecule has 0 spiro atoms. The Kier molecular flexibility index (Phi) is 11.5. The van der Waals surface area contributed by atoms with Crippen LogP contribution in [0.2, 0.25) is 0 Å². The van der Waals surface area contributed by atoms with Gasteiger partial charge in [0, 0.05) is 0 Å². The van der Waals surface area contributed by atoms with E-state index in [4.69, 9.17) is 17.5 Å². The van der Waals surface area contributed by atoms with E-state index in [1.165, 1.54) is 14.7 Å². The SMILES string of the molecule is FC(F)C(F)(F)C(F)(F)C(F)(F)F.O=S(=O)([O-])O.c1ccc([S+](c2ccccc2)c2ccccc2)cc1. The van der Waals surface area contributed by atoms with E-state index in [0.717, 1.165) is 0 Å². The van der Waals surface area contributed by atoms with Gasteiger partial charge in [-0.2, -0.15) is 30.7 Å². The zero-order valence-corrected chi connectivity index (χ0v) is 19.8. The van der Waals surface area contributed by atoms with Gasteiger partial charge in [0.2, 0.25) is 10.4 Å². The molecule has 3 aromatic rings. The van der Waals surface area contributed by atoms with E-state index < -0.39 is 34.8 Å². The summed E-state index contributed by atoms with van der Waals surface area (Å²) < 4.78 is 135. The normalized spacial score (nSPS) is 12.4. The average Bonchev–Trinajstić information content (AvgIpc) is 2.80. The monoisotopic (exact) mass is 580 g/mol. The van der Waals surface area contributed by atoms with Gasteiger partial charge >= 0.3 is 24.4 Å². The lowest BCUT2D eigenvalue weighted by atomic mass is 10.2. The van der Waals surface area contributed by atoms with E-state index in [2.05, 4.69) is 91.0 Å². The number of alkyl halides is 9. The maximum atomic E-state index is 11.6. The predicted octanol–water partition coefficient (Wildman–Crippen LogP) is 6.87. The number of halogens is 9. The summed E-state index contributed by atoms with van der Waals surface area (Å²) in [7, 11) is -4.93. The Hall–Kier alpha value is -2.75. The smallest absolute Gasteiger partial charge is 0.460 e. The van der Waals surface area contributed by atoms with E-state index in [0.29, 0.717) is 0 Å². The number of hydrogen-bond acceptors (Lipinski definition) is 3. The quantitative estimate of drug-likeness (QED) is 0.155. The topological polar surface area (TPSA) is 77.4 Å². The minimum Gasteiger partial charge on any atom is -0.726 e. The van der Waals surface area contributed by atoms with Crippen molar-refractivity contribution in [2.75, 3.05) is 0 Å². The van der Waals surface area contributed by atoms with Gasteiger partial charge in [0.1, 0.15) is 0 Å². The molecule has 0 aliphatic heterocycles. The van der Waals surface area contributed by atoms with Crippen LogP contribution in [-0.4, -0.2) is 42.0 Å². The molecule has 4 nitrogen and oxygen atoms in total. The summed E-state index contributed by atoms with van der Waals surface area (Å²) in [4.78, 5) is 4.08. The van der Waals surface area contributed by atoms with E-state index in [1.54, 1.807) is 0 Å². The highest BCUT2D eigenvalue weighted by Crippen LogP contribution is 2.48. The van der Waals surface area contributed by atoms with Crippen LogP contribution in [-0.2, 0) is 21.3 Å². The second-order valence-corrected chi connectivity index (χ2v) is 9.55. The lowest BCUT2D eigenvalue weighted by Gasteiger charge is -2.27. The fourth-order valence-electron chi connectivity index (χ4n) is 2.40. The van der Waals surface area contributed by atoms with E-state index in [-0.39, 0.29) is 10.9 Å². The average molecular weight is 580 g/mol. The Morgan fingerprint density at radius 1 is 0.649 bits per heavy atom. The maximum Gasteiger partial charge on any atom is 0.460 e. The van der Waals surface area contributed by atoms with Crippen molar-refractivity contribution in [2.24, 2.45) is 0 Å². The first-order valence-corrected chi connectivity index (χ1v) is 12.2. The maximum absolute atomic E-state index is 11.6. The molecule has 3 rings (SSSR count). The Morgan fingerprint density at radius 3 is 1.05 bits per heavy atom. The van der Waals surface area contributed by atoms with E-state index in [1.807, 2.05) is 0 Å². The molecule has 0 bridgehead atoms. The summed E-state index contributed by atoms with van der Waals surface area (Å²) in [5, 5.41) is 0. The number of benzene rings is 3. The van der Waals surface area contributed by atoms with E-state index in [9.17, 15) is 39.5 Å². The van der Waals surface area contributed by atoms with Crippen molar-refractivity contribution in [1.82, 2.24) is 0 Å². The summed E-state index contributed by atoms with van der Waals surface area (Å²) in [5.41, 5.74) is 0. The molecule has 0 aliphatic carbocycles. The van der Waals surface area contributed by atoms with Crippen LogP contribution in [0.25, 0.3) is 0 Å². The molecular formula is C22H17F9O4S2. The van der Waals surface area contributed by atoms with Crippen molar-refractivity contribution < 1.29 is 57.0 Å². The lowest BCUT2D eigenvalue weighted by Crippen LogP contribution is -2.55. The van der Waals surface area contributed by atoms with Gasteiger partial charge in [-0.3, -0.25) is 4.55 Å². The van der Waals surface area contributed by atoms with Crippen molar-refractivity contribution in [3.8, 4) is 0 Å². The van der Waals surface area contributed by atoms with Gasteiger partial charge < -0.3 is 4.55 Å². The Balaban J connectivity index is 0.000000331. The molecule has 0 saturated heterocycles. The van der Waals surface area contributed by atoms with Gasteiger partial charge in [-0.1, -0.05) is 54.6 Å². The standard InChI is InChI=1S/C18H15S.C4HF9.H2O4S/c1-4-10-16(11-5-1)19(17-12-6-2-7-13-17)18-14-8-3-9-15-18;5-1(6)2(7,8)3(9,10)4(11,12)13;1-5(2,3)4/h1-15H;1H;(H2,1,2,3,4)/q+1;;/p-1. The molecule has 0 unspecified atom stereocenters. The van der Waals surface area contributed by atoms with Crippen LogP contribution in [0.15, 0.2) is 106 Å². The van der Waals surface area contributed by atoms with Crippen LogP contribution in [0.5, 0.6) is 0 Å². The van der Waals surface area contributed by atoms with Crippen molar-refractivity contribution in [1.29, 1.82) is 0 Å². The zero-order valence-electron chi connectivity index (χ0n) is 18.1. The van der Waals surface area contributed by atoms with Gasteiger partial charge in [-0.15, -0.1) is 0 Å². The highest BCUT2D eigenvalue weighted by molar-refractivity contribution is 7.97. The van der Waals surface area contributed by atoms with Crippen LogP contribution in [0, 0.1) is 0 Å². The molecule has 0 saturated carbocycles. The molecule has 3 aromatic carbocycles. The van der Waals surface area contributed by atoms with E-state index >= 15 is 0 Å².